The second-order valence-electron chi connectivity index (χ2n) is 7.11. The number of rotatable bonds is 7. The van der Waals surface area contributed by atoms with Gasteiger partial charge in [-0.3, -0.25) is 9.36 Å². The molecule has 0 unspecified atom stereocenters. The van der Waals surface area contributed by atoms with Crippen molar-refractivity contribution in [1.82, 2.24) is 20.1 Å². The Bertz CT molecular complexity index is 810. The van der Waals surface area contributed by atoms with Crippen molar-refractivity contribution in [3.8, 4) is 5.69 Å². The van der Waals surface area contributed by atoms with Crippen molar-refractivity contribution in [3.05, 3.63) is 47.3 Å². The summed E-state index contributed by atoms with van der Waals surface area (Å²) in [5.41, 5.74) is 3.71. The van der Waals surface area contributed by atoms with Crippen LogP contribution in [-0.2, 0) is 4.79 Å². The number of amides is 1. The monoisotopic (exact) mass is 384 g/mol. The van der Waals surface area contributed by atoms with Gasteiger partial charge in [-0.1, -0.05) is 41.1 Å². The molecular weight excluding hydrogens is 356 g/mol. The Morgan fingerprint density at radius 1 is 1.22 bits per heavy atom. The molecule has 0 saturated heterocycles. The number of thioether (sulfide) groups is 1. The van der Waals surface area contributed by atoms with Crippen LogP contribution in [-0.4, -0.2) is 32.5 Å². The second kappa shape index (κ2) is 9.22. The Morgan fingerprint density at radius 3 is 2.70 bits per heavy atom. The molecule has 0 bridgehead atoms. The first-order valence-corrected chi connectivity index (χ1v) is 10.5. The predicted molar refractivity (Wildman–Crippen MR) is 110 cm³/mol. The number of carbonyl (C=O) groups is 1. The topological polar surface area (TPSA) is 59.8 Å². The molecule has 1 amide bonds. The van der Waals surface area contributed by atoms with Gasteiger partial charge in [-0.25, -0.2) is 0 Å². The fourth-order valence-corrected chi connectivity index (χ4v) is 4.18. The van der Waals surface area contributed by atoms with E-state index in [0.29, 0.717) is 6.54 Å². The predicted octanol–water partition coefficient (Wildman–Crippen LogP) is 4.37. The molecule has 0 saturated carbocycles. The van der Waals surface area contributed by atoms with E-state index < -0.39 is 0 Å². The number of allylic oxidation sites excluding steroid dienone is 1. The Morgan fingerprint density at radius 2 is 2.00 bits per heavy atom. The molecule has 1 aromatic carbocycles. The van der Waals surface area contributed by atoms with E-state index in [1.807, 2.05) is 18.4 Å². The molecule has 27 heavy (non-hydrogen) atoms. The standard InChI is InChI=1S/C21H28N4OS/c1-15-9-11-19(12-10-15)25-17(3)23-24-21(25)27-16(2)20(26)22-14-13-18-7-5-4-6-8-18/h7,9-12,16H,4-6,8,13-14H2,1-3H3,(H,22,26)/t16-/m0/s1. The van der Waals surface area contributed by atoms with Gasteiger partial charge in [-0.05, 0) is 65.0 Å². The van der Waals surface area contributed by atoms with Crippen molar-refractivity contribution in [3.63, 3.8) is 0 Å². The van der Waals surface area contributed by atoms with E-state index in [4.69, 9.17) is 0 Å². The minimum Gasteiger partial charge on any atom is -0.355 e. The fraction of sp³-hybridized carbons (Fsp3) is 0.476. The number of nitrogens with zero attached hydrogens (tertiary/aromatic N) is 3. The van der Waals surface area contributed by atoms with E-state index in [1.54, 1.807) is 0 Å². The van der Waals surface area contributed by atoms with Crippen molar-refractivity contribution < 1.29 is 4.79 Å². The van der Waals surface area contributed by atoms with E-state index in [-0.39, 0.29) is 11.2 Å². The minimum atomic E-state index is -0.224. The van der Waals surface area contributed by atoms with Crippen LogP contribution in [0.25, 0.3) is 5.69 Å². The van der Waals surface area contributed by atoms with Crippen LogP contribution in [0.4, 0.5) is 0 Å². The van der Waals surface area contributed by atoms with Crippen LogP contribution in [0.3, 0.4) is 0 Å². The van der Waals surface area contributed by atoms with Crippen molar-refractivity contribution in [2.24, 2.45) is 0 Å². The molecule has 0 radical (unpaired) electrons. The van der Waals surface area contributed by atoms with E-state index in [1.165, 1.54) is 48.6 Å². The van der Waals surface area contributed by atoms with Crippen LogP contribution in [0.2, 0.25) is 0 Å². The maximum atomic E-state index is 12.5. The summed E-state index contributed by atoms with van der Waals surface area (Å²) in [5.74, 6) is 0.866. The van der Waals surface area contributed by atoms with E-state index in [0.717, 1.165) is 23.1 Å². The third-order valence-electron chi connectivity index (χ3n) is 4.87. The highest BCUT2D eigenvalue weighted by Gasteiger charge is 2.19. The van der Waals surface area contributed by atoms with Crippen molar-refractivity contribution >= 4 is 17.7 Å². The lowest BCUT2D eigenvalue weighted by Gasteiger charge is -2.15. The number of nitrogens with one attached hydrogen (secondary N) is 1. The van der Waals surface area contributed by atoms with Crippen LogP contribution in [0, 0.1) is 13.8 Å². The molecule has 1 N–H and O–H groups in total. The van der Waals surface area contributed by atoms with Crippen molar-refractivity contribution in [2.75, 3.05) is 6.54 Å². The van der Waals surface area contributed by atoms with Gasteiger partial charge >= 0.3 is 0 Å². The summed E-state index contributed by atoms with van der Waals surface area (Å²) in [6.07, 6.45) is 8.23. The molecule has 1 heterocycles. The molecule has 1 aromatic heterocycles. The number of aromatic nitrogens is 3. The van der Waals surface area contributed by atoms with Gasteiger partial charge in [0.15, 0.2) is 5.16 Å². The van der Waals surface area contributed by atoms with Gasteiger partial charge in [0, 0.05) is 12.2 Å². The first-order chi connectivity index (χ1) is 13.0. The molecule has 1 atom stereocenters. The Kier molecular flexibility index (Phi) is 6.72. The molecule has 144 valence electrons. The zero-order valence-corrected chi connectivity index (χ0v) is 17.2. The third-order valence-corrected chi connectivity index (χ3v) is 5.91. The normalized spacial score (nSPS) is 15.3. The molecule has 0 aliphatic heterocycles. The quantitative estimate of drug-likeness (QED) is 0.569. The van der Waals surface area contributed by atoms with E-state index in [9.17, 15) is 4.79 Å². The third kappa shape index (κ3) is 5.22. The lowest BCUT2D eigenvalue weighted by atomic mass is 9.97. The van der Waals surface area contributed by atoms with Crippen molar-refractivity contribution in [1.29, 1.82) is 0 Å². The molecule has 6 heteroatoms. The fourth-order valence-electron chi connectivity index (χ4n) is 3.24. The average molecular weight is 385 g/mol. The molecule has 0 spiro atoms. The highest BCUT2D eigenvalue weighted by molar-refractivity contribution is 8.00. The first kappa shape index (κ1) is 19.7. The summed E-state index contributed by atoms with van der Waals surface area (Å²) >= 11 is 1.45. The minimum absolute atomic E-state index is 0.0486. The largest absolute Gasteiger partial charge is 0.355 e. The van der Waals surface area contributed by atoms with Gasteiger partial charge < -0.3 is 5.32 Å². The maximum absolute atomic E-state index is 12.5. The smallest absolute Gasteiger partial charge is 0.233 e. The molecule has 1 aliphatic rings. The molecule has 2 aromatic rings. The first-order valence-electron chi connectivity index (χ1n) is 9.66. The van der Waals surface area contributed by atoms with Crippen LogP contribution in [0.5, 0.6) is 0 Å². The summed E-state index contributed by atoms with van der Waals surface area (Å²) in [4.78, 5) is 12.5. The maximum Gasteiger partial charge on any atom is 0.233 e. The summed E-state index contributed by atoms with van der Waals surface area (Å²) < 4.78 is 2.00. The van der Waals surface area contributed by atoms with Gasteiger partial charge in [-0.15, -0.1) is 10.2 Å². The van der Waals surface area contributed by atoms with Crippen LogP contribution < -0.4 is 5.32 Å². The summed E-state index contributed by atoms with van der Waals surface area (Å²) in [7, 11) is 0. The van der Waals surface area contributed by atoms with E-state index >= 15 is 0 Å². The number of hydrogen-bond donors (Lipinski definition) is 1. The zero-order chi connectivity index (χ0) is 19.2. The molecule has 0 fully saturated rings. The molecule has 1 aliphatic carbocycles. The SMILES string of the molecule is Cc1ccc(-n2c(C)nnc2S[C@@H](C)C(=O)NCCC2=CCCCC2)cc1. The van der Waals surface area contributed by atoms with Crippen LogP contribution in [0.1, 0.15) is 50.4 Å². The second-order valence-corrected chi connectivity index (χ2v) is 8.42. The molecule has 5 nitrogen and oxygen atoms in total. The summed E-state index contributed by atoms with van der Waals surface area (Å²) in [5, 5.41) is 12.1. The number of aryl methyl sites for hydroxylation is 2. The lowest BCUT2D eigenvalue weighted by Crippen LogP contribution is -2.32. The van der Waals surface area contributed by atoms with Gasteiger partial charge in [0.25, 0.3) is 0 Å². The van der Waals surface area contributed by atoms with Crippen molar-refractivity contribution in [2.45, 2.75) is 63.3 Å². The van der Waals surface area contributed by atoms with Gasteiger partial charge in [0.05, 0.1) is 5.25 Å². The number of carbonyl (C=O) groups excluding carboxylic acids is 1. The van der Waals surface area contributed by atoms with E-state index in [2.05, 4.69) is 52.8 Å². The summed E-state index contributed by atoms with van der Waals surface area (Å²) in [6.45, 7) is 6.62. The number of benzene rings is 1. The highest BCUT2D eigenvalue weighted by atomic mass is 32.2. The zero-order valence-electron chi connectivity index (χ0n) is 16.4. The van der Waals surface area contributed by atoms with Crippen LogP contribution in [0.15, 0.2) is 41.1 Å². The Labute approximate surface area is 165 Å². The summed E-state index contributed by atoms with van der Waals surface area (Å²) in [6, 6.07) is 8.25. The van der Waals surface area contributed by atoms with Gasteiger partial charge in [0.1, 0.15) is 5.82 Å². The van der Waals surface area contributed by atoms with Crippen LogP contribution >= 0.6 is 11.8 Å². The molecular formula is C21H28N4OS. The van der Waals surface area contributed by atoms with Gasteiger partial charge in [0.2, 0.25) is 5.91 Å². The Balaban J connectivity index is 1.59. The Hall–Kier alpha value is -2.08. The van der Waals surface area contributed by atoms with Gasteiger partial charge in [-0.2, -0.15) is 0 Å². The average Bonchev–Trinajstić information content (AvgIpc) is 3.03. The molecule has 3 rings (SSSR count). The number of hydrogen-bond acceptors (Lipinski definition) is 4. The highest BCUT2D eigenvalue weighted by Crippen LogP contribution is 2.26. The lowest BCUT2D eigenvalue weighted by molar-refractivity contribution is -0.120.